The van der Waals surface area contributed by atoms with Gasteiger partial charge in [0.2, 0.25) is 17.7 Å². The highest BCUT2D eigenvalue weighted by molar-refractivity contribution is 9.10. The number of anilines is 1. The van der Waals surface area contributed by atoms with E-state index >= 15 is 0 Å². The van der Waals surface area contributed by atoms with E-state index in [0.29, 0.717) is 6.42 Å². The normalized spacial score (nSPS) is 25.7. The summed E-state index contributed by atoms with van der Waals surface area (Å²) in [6, 6.07) is 5.61. The molecule has 2 unspecified atom stereocenters. The SMILES string of the molecule is CN1C(=O)C(C2CCC(=O)NC2=O)c2ccc(Br)cc21. The molecule has 0 saturated carbocycles. The average Bonchev–Trinajstić information content (AvgIpc) is 2.63. The summed E-state index contributed by atoms with van der Waals surface area (Å²) in [7, 11) is 1.71. The maximum absolute atomic E-state index is 12.4. The van der Waals surface area contributed by atoms with E-state index in [-0.39, 0.29) is 24.1 Å². The molecule has 1 saturated heterocycles. The number of nitrogens with one attached hydrogen (secondary N) is 1. The molecule has 3 amide bonds. The fourth-order valence-corrected chi connectivity index (χ4v) is 3.30. The lowest BCUT2D eigenvalue weighted by Gasteiger charge is -2.25. The molecule has 2 heterocycles. The molecule has 104 valence electrons. The number of amides is 3. The Bertz CT molecular complexity index is 629. The van der Waals surface area contributed by atoms with E-state index in [2.05, 4.69) is 21.2 Å². The molecule has 2 aliphatic rings. The summed E-state index contributed by atoms with van der Waals surface area (Å²) >= 11 is 3.39. The second-order valence-electron chi connectivity index (χ2n) is 5.14. The largest absolute Gasteiger partial charge is 0.315 e. The van der Waals surface area contributed by atoms with Crippen LogP contribution in [0.4, 0.5) is 5.69 Å². The van der Waals surface area contributed by atoms with Crippen molar-refractivity contribution in [1.82, 2.24) is 5.32 Å². The van der Waals surface area contributed by atoms with Crippen molar-refractivity contribution in [3.63, 3.8) is 0 Å². The molecular weight excluding hydrogens is 324 g/mol. The lowest BCUT2D eigenvalue weighted by molar-refractivity contribution is -0.139. The summed E-state index contributed by atoms with van der Waals surface area (Å²) in [6.07, 6.45) is 0.709. The van der Waals surface area contributed by atoms with Crippen LogP contribution in [-0.2, 0) is 14.4 Å². The predicted octanol–water partition coefficient (Wildman–Crippen LogP) is 1.56. The van der Waals surface area contributed by atoms with Crippen LogP contribution in [0.2, 0.25) is 0 Å². The molecule has 2 aliphatic heterocycles. The van der Waals surface area contributed by atoms with E-state index in [1.807, 2.05) is 18.2 Å². The van der Waals surface area contributed by atoms with Gasteiger partial charge in [-0.15, -0.1) is 0 Å². The molecule has 0 radical (unpaired) electrons. The number of nitrogens with zero attached hydrogens (tertiary/aromatic N) is 1. The molecule has 0 aliphatic carbocycles. The molecular formula is C14H13BrN2O3. The van der Waals surface area contributed by atoms with Crippen molar-refractivity contribution >= 4 is 39.3 Å². The smallest absolute Gasteiger partial charge is 0.235 e. The third-order valence-electron chi connectivity index (χ3n) is 3.97. The van der Waals surface area contributed by atoms with Gasteiger partial charge in [0.15, 0.2) is 0 Å². The Morgan fingerprint density at radius 2 is 2.05 bits per heavy atom. The predicted molar refractivity (Wildman–Crippen MR) is 76.2 cm³/mol. The van der Waals surface area contributed by atoms with Crippen LogP contribution in [0.5, 0.6) is 0 Å². The third-order valence-corrected chi connectivity index (χ3v) is 4.46. The molecule has 1 fully saturated rings. The summed E-state index contributed by atoms with van der Waals surface area (Å²) in [5.74, 6) is -1.65. The summed E-state index contributed by atoms with van der Waals surface area (Å²) in [5.41, 5.74) is 1.68. The summed E-state index contributed by atoms with van der Waals surface area (Å²) in [4.78, 5) is 37.3. The number of fused-ring (bicyclic) bond motifs is 1. The zero-order valence-corrected chi connectivity index (χ0v) is 12.4. The Balaban J connectivity index is 2.01. The number of imide groups is 1. The van der Waals surface area contributed by atoms with Crippen LogP contribution in [-0.4, -0.2) is 24.8 Å². The minimum Gasteiger partial charge on any atom is -0.315 e. The molecule has 1 aromatic carbocycles. The minimum absolute atomic E-state index is 0.0902. The van der Waals surface area contributed by atoms with Crippen molar-refractivity contribution in [3.05, 3.63) is 28.2 Å². The first kappa shape index (κ1) is 13.3. The fraction of sp³-hybridized carbons (Fsp3) is 0.357. The van der Waals surface area contributed by atoms with Gasteiger partial charge < -0.3 is 4.90 Å². The molecule has 20 heavy (non-hydrogen) atoms. The van der Waals surface area contributed by atoms with Crippen molar-refractivity contribution in [2.75, 3.05) is 11.9 Å². The Hall–Kier alpha value is -1.69. The number of hydrogen-bond acceptors (Lipinski definition) is 3. The van der Waals surface area contributed by atoms with Gasteiger partial charge in [-0.2, -0.15) is 0 Å². The zero-order chi connectivity index (χ0) is 14.4. The van der Waals surface area contributed by atoms with E-state index in [0.717, 1.165) is 15.7 Å². The highest BCUT2D eigenvalue weighted by Gasteiger charge is 2.44. The van der Waals surface area contributed by atoms with Gasteiger partial charge in [0.05, 0.1) is 11.8 Å². The molecule has 3 rings (SSSR count). The van der Waals surface area contributed by atoms with E-state index in [4.69, 9.17) is 0 Å². The molecule has 0 aromatic heterocycles. The van der Waals surface area contributed by atoms with Crippen LogP contribution in [0, 0.1) is 5.92 Å². The average molecular weight is 337 g/mol. The Morgan fingerprint density at radius 3 is 2.75 bits per heavy atom. The number of benzene rings is 1. The number of likely N-dealkylation sites (N-methyl/N-ethyl adjacent to an activating group) is 1. The number of halogens is 1. The van der Waals surface area contributed by atoms with Crippen LogP contribution in [0.1, 0.15) is 24.3 Å². The lowest BCUT2D eigenvalue weighted by atomic mass is 9.81. The zero-order valence-electron chi connectivity index (χ0n) is 10.9. The number of carbonyl (C=O) groups excluding carboxylic acids is 3. The van der Waals surface area contributed by atoms with Gasteiger partial charge in [-0.05, 0) is 24.1 Å². The molecule has 2 atom stereocenters. The van der Waals surface area contributed by atoms with Crippen LogP contribution < -0.4 is 10.2 Å². The quantitative estimate of drug-likeness (QED) is 0.791. The van der Waals surface area contributed by atoms with Crippen LogP contribution >= 0.6 is 15.9 Å². The van der Waals surface area contributed by atoms with Crippen LogP contribution in [0.15, 0.2) is 22.7 Å². The first-order valence-corrected chi connectivity index (χ1v) is 7.19. The number of piperidine rings is 1. The lowest BCUT2D eigenvalue weighted by Crippen LogP contribution is -2.44. The highest BCUT2D eigenvalue weighted by Crippen LogP contribution is 2.43. The maximum Gasteiger partial charge on any atom is 0.235 e. The molecule has 0 spiro atoms. The Kier molecular flexibility index (Phi) is 3.12. The van der Waals surface area contributed by atoms with E-state index < -0.39 is 11.8 Å². The van der Waals surface area contributed by atoms with E-state index in [1.165, 1.54) is 0 Å². The van der Waals surface area contributed by atoms with E-state index in [9.17, 15) is 14.4 Å². The minimum atomic E-state index is -0.490. The first-order chi connectivity index (χ1) is 9.49. The van der Waals surface area contributed by atoms with Gasteiger partial charge >= 0.3 is 0 Å². The van der Waals surface area contributed by atoms with Gasteiger partial charge in [-0.25, -0.2) is 0 Å². The van der Waals surface area contributed by atoms with E-state index in [1.54, 1.807) is 11.9 Å². The Morgan fingerprint density at radius 1 is 1.30 bits per heavy atom. The number of carbonyl (C=O) groups is 3. The second kappa shape index (κ2) is 4.70. The fourth-order valence-electron chi connectivity index (χ4n) is 2.95. The van der Waals surface area contributed by atoms with Crippen molar-refractivity contribution in [1.29, 1.82) is 0 Å². The standard InChI is InChI=1S/C14H13BrN2O3/c1-17-10-6-7(15)2-3-8(10)12(14(17)20)9-4-5-11(18)16-13(9)19/h2-3,6,9,12H,4-5H2,1H3,(H,16,18,19). The van der Waals surface area contributed by atoms with Gasteiger partial charge in [0.25, 0.3) is 0 Å². The van der Waals surface area contributed by atoms with Gasteiger partial charge in [-0.3, -0.25) is 19.7 Å². The van der Waals surface area contributed by atoms with Crippen LogP contribution in [0.25, 0.3) is 0 Å². The van der Waals surface area contributed by atoms with Crippen molar-refractivity contribution in [3.8, 4) is 0 Å². The summed E-state index contributed by atoms with van der Waals surface area (Å²) in [6.45, 7) is 0. The Labute approximate surface area is 124 Å². The molecule has 0 bridgehead atoms. The molecule has 1 N–H and O–H groups in total. The number of hydrogen-bond donors (Lipinski definition) is 1. The summed E-state index contributed by atoms with van der Waals surface area (Å²) in [5, 5.41) is 2.33. The van der Waals surface area contributed by atoms with Crippen molar-refractivity contribution < 1.29 is 14.4 Å². The molecule has 6 heteroatoms. The number of rotatable bonds is 1. The topological polar surface area (TPSA) is 66.5 Å². The van der Waals surface area contributed by atoms with Gasteiger partial charge in [0, 0.05) is 23.6 Å². The van der Waals surface area contributed by atoms with Crippen LogP contribution in [0.3, 0.4) is 0 Å². The second-order valence-corrected chi connectivity index (χ2v) is 6.05. The maximum atomic E-state index is 12.4. The summed E-state index contributed by atoms with van der Waals surface area (Å²) < 4.78 is 0.889. The van der Waals surface area contributed by atoms with Gasteiger partial charge in [-0.1, -0.05) is 22.0 Å². The third kappa shape index (κ3) is 1.95. The monoisotopic (exact) mass is 336 g/mol. The molecule has 5 nitrogen and oxygen atoms in total. The first-order valence-electron chi connectivity index (χ1n) is 6.39. The van der Waals surface area contributed by atoms with Crippen molar-refractivity contribution in [2.45, 2.75) is 18.8 Å². The highest BCUT2D eigenvalue weighted by atomic mass is 79.9. The van der Waals surface area contributed by atoms with Gasteiger partial charge in [0.1, 0.15) is 0 Å². The van der Waals surface area contributed by atoms with Crippen molar-refractivity contribution in [2.24, 2.45) is 5.92 Å². The molecule has 1 aromatic rings.